The number of Topliss-reactive ketones (excluding diaryl/α,β-unsaturated/α-hetero) is 1. The van der Waals surface area contributed by atoms with Crippen LogP contribution >= 0.6 is 0 Å². The zero-order valence-corrected chi connectivity index (χ0v) is 21.4. The fraction of sp³-hybridized carbons (Fsp3) is 0.679. The Hall–Kier alpha value is -2.57. The van der Waals surface area contributed by atoms with E-state index in [4.69, 9.17) is 4.74 Å². The number of hydrogen-bond acceptors (Lipinski definition) is 6. The van der Waals surface area contributed by atoms with Crippen molar-refractivity contribution in [2.45, 2.75) is 91.2 Å². The van der Waals surface area contributed by atoms with E-state index in [1.165, 1.54) is 18.6 Å². The summed E-state index contributed by atoms with van der Waals surface area (Å²) in [5.74, 6) is -0.861. The van der Waals surface area contributed by atoms with Crippen LogP contribution in [0.2, 0.25) is 0 Å². The number of rotatable bonds is 8. The molecule has 2 bridgehead atoms. The number of aromatic hydroxyl groups is 2. The predicted molar refractivity (Wildman–Crippen MR) is 131 cm³/mol. The number of likely N-dealkylation sites (tertiary alicyclic amines) is 1. The molecular formula is C28H39NO6. The van der Waals surface area contributed by atoms with Crippen molar-refractivity contribution >= 4 is 17.7 Å². The van der Waals surface area contributed by atoms with E-state index in [0.29, 0.717) is 25.3 Å². The minimum Gasteiger partial charge on any atom is -0.504 e. The summed E-state index contributed by atoms with van der Waals surface area (Å²) in [5, 5.41) is 19.0. The van der Waals surface area contributed by atoms with Crippen LogP contribution in [-0.2, 0) is 25.5 Å². The number of fused-ring (bicyclic) bond motifs is 2. The molecule has 1 heterocycles. The molecule has 7 heteroatoms. The lowest BCUT2D eigenvalue weighted by atomic mass is 9.70. The summed E-state index contributed by atoms with van der Waals surface area (Å²) in [4.78, 5) is 40.5. The molecule has 3 aliphatic rings. The average molecular weight is 486 g/mol. The Bertz CT molecular complexity index is 1000. The van der Waals surface area contributed by atoms with Crippen molar-refractivity contribution in [3.8, 4) is 11.5 Å². The number of benzene rings is 1. The van der Waals surface area contributed by atoms with Crippen LogP contribution in [0.15, 0.2) is 18.2 Å². The van der Waals surface area contributed by atoms with E-state index < -0.39 is 12.0 Å². The van der Waals surface area contributed by atoms with Gasteiger partial charge in [0, 0.05) is 30.7 Å². The van der Waals surface area contributed by atoms with Gasteiger partial charge in [0.05, 0.1) is 0 Å². The van der Waals surface area contributed by atoms with Crippen LogP contribution in [0.4, 0.5) is 0 Å². The maximum atomic E-state index is 13.2. The normalized spacial score (nSPS) is 29.8. The summed E-state index contributed by atoms with van der Waals surface area (Å²) < 4.78 is 6.08. The van der Waals surface area contributed by atoms with E-state index in [2.05, 4.69) is 20.8 Å². The zero-order valence-electron chi connectivity index (χ0n) is 21.4. The van der Waals surface area contributed by atoms with E-state index in [1.54, 1.807) is 17.9 Å². The van der Waals surface area contributed by atoms with Gasteiger partial charge in [-0.05, 0) is 67.6 Å². The average Bonchev–Trinajstić information content (AvgIpc) is 3.43. The third-order valence-electron chi connectivity index (χ3n) is 9.47. The zero-order chi connectivity index (χ0) is 25.5. The predicted octanol–water partition coefficient (Wildman–Crippen LogP) is 4.37. The van der Waals surface area contributed by atoms with Crippen LogP contribution in [0, 0.1) is 22.7 Å². The van der Waals surface area contributed by atoms with Gasteiger partial charge in [-0.15, -0.1) is 0 Å². The summed E-state index contributed by atoms with van der Waals surface area (Å²) in [6.45, 7) is 9.06. The van der Waals surface area contributed by atoms with Crippen molar-refractivity contribution in [3.05, 3.63) is 23.8 Å². The van der Waals surface area contributed by atoms with Crippen LogP contribution in [0.1, 0.15) is 78.2 Å². The number of esters is 1. The second-order valence-corrected chi connectivity index (χ2v) is 11.7. The Kier molecular flexibility index (Phi) is 6.91. The molecule has 3 unspecified atom stereocenters. The van der Waals surface area contributed by atoms with Crippen molar-refractivity contribution in [3.63, 3.8) is 0 Å². The van der Waals surface area contributed by atoms with Gasteiger partial charge >= 0.3 is 5.97 Å². The van der Waals surface area contributed by atoms with Crippen molar-refractivity contribution in [1.29, 1.82) is 0 Å². The molecule has 1 aromatic carbocycles. The third-order valence-corrected chi connectivity index (χ3v) is 9.47. The first-order chi connectivity index (χ1) is 16.4. The number of aryl methyl sites for hydroxylation is 1. The standard InChI is InChI=1S/C28H39NO6/c1-17(14-20(30)9-7-18-8-10-22(31)23(32)15-18)25(33)29-13-5-6-21(29)26(34)35-24-16-19-11-12-28(24,4)27(19,2)3/h8,10,15,17,19,21,24,31-32H,5-7,9,11-14,16H2,1-4H3/t17-,19?,21+,24?,28?/m1/s1. The highest BCUT2D eigenvalue weighted by atomic mass is 16.5. The quantitative estimate of drug-likeness (QED) is 0.418. The van der Waals surface area contributed by atoms with Gasteiger partial charge in [-0.2, -0.15) is 0 Å². The lowest BCUT2D eigenvalue weighted by molar-refractivity contribution is -0.165. The van der Waals surface area contributed by atoms with Crippen molar-refractivity contribution < 1.29 is 29.3 Å². The second kappa shape index (κ2) is 9.47. The summed E-state index contributed by atoms with van der Waals surface area (Å²) in [6, 6.07) is 3.93. The number of ether oxygens (including phenoxy) is 1. The minimum atomic E-state index is -0.564. The minimum absolute atomic E-state index is 0.0191. The number of ketones is 1. The van der Waals surface area contributed by atoms with Crippen LogP contribution in [-0.4, -0.2) is 51.5 Å². The molecule has 0 spiro atoms. The number of carbonyl (C=O) groups excluding carboxylic acids is 3. The van der Waals surface area contributed by atoms with E-state index in [9.17, 15) is 24.6 Å². The number of phenolic OH excluding ortho intramolecular Hbond substituents is 2. The Morgan fingerprint density at radius 1 is 1.14 bits per heavy atom. The van der Waals surface area contributed by atoms with E-state index in [-0.39, 0.29) is 58.9 Å². The topological polar surface area (TPSA) is 104 Å². The highest BCUT2D eigenvalue weighted by molar-refractivity contribution is 5.90. The smallest absolute Gasteiger partial charge is 0.329 e. The molecular weight excluding hydrogens is 446 g/mol. The van der Waals surface area contributed by atoms with Gasteiger partial charge in [0.1, 0.15) is 17.9 Å². The maximum Gasteiger partial charge on any atom is 0.329 e. The lowest BCUT2D eigenvalue weighted by Crippen LogP contribution is -2.46. The van der Waals surface area contributed by atoms with Gasteiger partial charge in [0.15, 0.2) is 11.5 Å². The van der Waals surface area contributed by atoms with Crippen molar-refractivity contribution in [1.82, 2.24) is 4.90 Å². The fourth-order valence-electron chi connectivity index (χ4n) is 6.62. The number of hydrogen-bond donors (Lipinski definition) is 2. The van der Waals surface area contributed by atoms with Gasteiger partial charge in [0.2, 0.25) is 5.91 Å². The highest BCUT2D eigenvalue weighted by Crippen LogP contribution is 2.66. The summed E-state index contributed by atoms with van der Waals surface area (Å²) in [7, 11) is 0. The monoisotopic (exact) mass is 485 g/mol. The molecule has 7 nitrogen and oxygen atoms in total. The molecule has 5 atom stereocenters. The summed E-state index contributed by atoms with van der Waals surface area (Å²) in [6.07, 6.45) is 5.19. The molecule has 4 rings (SSSR count). The Morgan fingerprint density at radius 3 is 2.51 bits per heavy atom. The SMILES string of the molecule is C[C@H](CC(=O)CCc1ccc(O)c(O)c1)C(=O)N1CCC[C@H]1C(=O)OC1CC2CCC1(C)C2(C)C. The Morgan fingerprint density at radius 2 is 1.89 bits per heavy atom. The van der Waals surface area contributed by atoms with Crippen LogP contribution in [0.25, 0.3) is 0 Å². The van der Waals surface area contributed by atoms with Crippen molar-refractivity contribution in [2.75, 3.05) is 6.54 Å². The van der Waals surface area contributed by atoms with Crippen LogP contribution in [0.3, 0.4) is 0 Å². The van der Waals surface area contributed by atoms with Gasteiger partial charge in [-0.25, -0.2) is 4.79 Å². The number of amides is 1. The summed E-state index contributed by atoms with van der Waals surface area (Å²) in [5.41, 5.74) is 0.874. The molecule has 1 aromatic rings. The van der Waals surface area contributed by atoms with Gasteiger partial charge in [0.25, 0.3) is 0 Å². The molecule has 2 saturated carbocycles. The molecule has 2 aliphatic carbocycles. The first-order valence-corrected chi connectivity index (χ1v) is 13.0. The molecule has 1 amide bonds. The highest BCUT2D eigenvalue weighted by Gasteiger charge is 2.63. The number of carbonyl (C=O) groups is 3. The van der Waals surface area contributed by atoms with E-state index in [1.807, 2.05) is 0 Å². The molecule has 192 valence electrons. The first-order valence-electron chi connectivity index (χ1n) is 13.0. The first kappa shape index (κ1) is 25.5. The molecule has 0 radical (unpaired) electrons. The maximum absolute atomic E-state index is 13.2. The van der Waals surface area contributed by atoms with E-state index in [0.717, 1.165) is 24.8 Å². The molecule has 3 fully saturated rings. The molecule has 1 aliphatic heterocycles. The number of phenols is 2. The largest absolute Gasteiger partial charge is 0.504 e. The third kappa shape index (κ3) is 4.66. The number of nitrogens with zero attached hydrogens (tertiary/aromatic N) is 1. The molecule has 35 heavy (non-hydrogen) atoms. The van der Waals surface area contributed by atoms with Crippen LogP contribution in [0.5, 0.6) is 11.5 Å². The Labute approximate surface area is 207 Å². The van der Waals surface area contributed by atoms with E-state index >= 15 is 0 Å². The van der Waals surface area contributed by atoms with Gasteiger partial charge in [-0.1, -0.05) is 33.8 Å². The van der Waals surface area contributed by atoms with Crippen LogP contribution < -0.4 is 0 Å². The van der Waals surface area contributed by atoms with Gasteiger partial charge < -0.3 is 19.8 Å². The Balaban J connectivity index is 1.30. The second-order valence-electron chi connectivity index (χ2n) is 11.7. The fourth-order valence-corrected chi connectivity index (χ4v) is 6.62. The van der Waals surface area contributed by atoms with Crippen molar-refractivity contribution in [2.24, 2.45) is 22.7 Å². The van der Waals surface area contributed by atoms with Gasteiger partial charge in [-0.3, -0.25) is 9.59 Å². The lowest BCUT2D eigenvalue weighted by Gasteiger charge is -2.39. The molecule has 2 N–H and O–H groups in total. The molecule has 0 aromatic heterocycles. The molecule has 1 saturated heterocycles. The summed E-state index contributed by atoms with van der Waals surface area (Å²) >= 11 is 0.